The van der Waals surface area contributed by atoms with Crippen LogP contribution < -0.4 is 5.32 Å². The molecule has 2 atom stereocenters. The second-order valence-corrected chi connectivity index (χ2v) is 5.28. The molecule has 0 saturated carbocycles. The molecule has 0 aliphatic heterocycles. The van der Waals surface area contributed by atoms with Crippen molar-refractivity contribution in [2.75, 3.05) is 7.05 Å². The number of hydrogen-bond acceptors (Lipinski definition) is 1. The van der Waals surface area contributed by atoms with E-state index in [-0.39, 0.29) is 0 Å². The summed E-state index contributed by atoms with van der Waals surface area (Å²) in [7, 11) is 2.05. The van der Waals surface area contributed by atoms with Crippen LogP contribution in [0.1, 0.15) is 29.7 Å². The smallest absolute Gasteiger partial charge is 0.0346 e. The number of hydrogen-bond donors (Lipinski definition) is 1. The van der Waals surface area contributed by atoms with Crippen molar-refractivity contribution in [3.05, 3.63) is 71.3 Å². The summed E-state index contributed by atoms with van der Waals surface area (Å²) >= 11 is 0. The molecule has 1 nitrogen and oxygen atoms in total. The molecule has 0 heterocycles. The van der Waals surface area contributed by atoms with Gasteiger partial charge in [0.15, 0.2) is 0 Å². The molecule has 0 saturated heterocycles. The minimum Gasteiger partial charge on any atom is -0.313 e. The largest absolute Gasteiger partial charge is 0.313 e. The van der Waals surface area contributed by atoms with Crippen molar-refractivity contribution < 1.29 is 0 Å². The Labute approximate surface area is 116 Å². The fourth-order valence-electron chi connectivity index (χ4n) is 2.74. The van der Waals surface area contributed by atoms with Crippen LogP contribution in [0.25, 0.3) is 0 Å². The average molecular weight is 253 g/mol. The first-order valence-corrected chi connectivity index (χ1v) is 6.99. The Morgan fingerprint density at radius 2 is 1.58 bits per heavy atom. The zero-order chi connectivity index (χ0) is 13.7. The van der Waals surface area contributed by atoms with Gasteiger partial charge in [-0.05, 0) is 43.0 Å². The standard InChI is InChI=1S/C18H23N/c1-14-9-7-8-12-17(14)13-15(2)18(19-3)16-10-5-4-6-11-16/h4-12,15,18-19H,13H2,1-3H3. The van der Waals surface area contributed by atoms with Crippen molar-refractivity contribution in [1.82, 2.24) is 5.32 Å². The molecule has 2 aromatic rings. The van der Waals surface area contributed by atoms with Crippen molar-refractivity contribution in [2.24, 2.45) is 5.92 Å². The Morgan fingerprint density at radius 3 is 2.21 bits per heavy atom. The molecule has 0 radical (unpaired) electrons. The minimum absolute atomic E-state index is 0.404. The third-order valence-corrected chi connectivity index (χ3v) is 3.84. The summed E-state index contributed by atoms with van der Waals surface area (Å²) in [6.45, 7) is 4.51. The van der Waals surface area contributed by atoms with E-state index in [9.17, 15) is 0 Å². The zero-order valence-corrected chi connectivity index (χ0v) is 12.1. The van der Waals surface area contributed by atoms with Gasteiger partial charge in [-0.25, -0.2) is 0 Å². The van der Waals surface area contributed by atoms with Gasteiger partial charge in [-0.2, -0.15) is 0 Å². The van der Waals surface area contributed by atoms with Gasteiger partial charge in [0.25, 0.3) is 0 Å². The Balaban J connectivity index is 2.14. The molecule has 1 heteroatoms. The van der Waals surface area contributed by atoms with Crippen LogP contribution in [0.2, 0.25) is 0 Å². The maximum absolute atomic E-state index is 3.46. The molecule has 19 heavy (non-hydrogen) atoms. The maximum atomic E-state index is 3.46. The lowest BCUT2D eigenvalue weighted by Gasteiger charge is -2.24. The van der Waals surface area contributed by atoms with Crippen LogP contribution in [-0.4, -0.2) is 7.05 Å². The van der Waals surface area contributed by atoms with Gasteiger partial charge >= 0.3 is 0 Å². The highest BCUT2D eigenvalue weighted by Gasteiger charge is 2.18. The molecule has 0 aliphatic carbocycles. The first-order valence-electron chi connectivity index (χ1n) is 6.99. The van der Waals surface area contributed by atoms with Gasteiger partial charge in [0, 0.05) is 6.04 Å². The van der Waals surface area contributed by atoms with Crippen LogP contribution in [0.5, 0.6) is 0 Å². The highest BCUT2D eigenvalue weighted by molar-refractivity contribution is 5.27. The second-order valence-electron chi connectivity index (χ2n) is 5.28. The summed E-state index contributed by atoms with van der Waals surface area (Å²) in [5.41, 5.74) is 4.20. The van der Waals surface area contributed by atoms with Crippen LogP contribution in [0, 0.1) is 12.8 Å². The van der Waals surface area contributed by atoms with Crippen molar-refractivity contribution >= 4 is 0 Å². The second kappa shape index (κ2) is 6.53. The summed E-state index contributed by atoms with van der Waals surface area (Å²) in [6.07, 6.45) is 1.10. The fourth-order valence-corrected chi connectivity index (χ4v) is 2.74. The van der Waals surface area contributed by atoms with Crippen LogP contribution in [0.4, 0.5) is 0 Å². The first kappa shape index (κ1) is 13.8. The van der Waals surface area contributed by atoms with Crippen LogP contribution in [0.15, 0.2) is 54.6 Å². The topological polar surface area (TPSA) is 12.0 Å². The quantitative estimate of drug-likeness (QED) is 0.844. The normalized spacial score (nSPS) is 14.1. The van der Waals surface area contributed by atoms with E-state index >= 15 is 0 Å². The fraction of sp³-hybridized carbons (Fsp3) is 0.333. The molecule has 0 aromatic heterocycles. The molecule has 0 aliphatic rings. The van der Waals surface area contributed by atoms with Crippen molar-refractivity contribution in [3.8, 4) is 0 Å². The summed E-state index contributed by atoms with van der Waals surface area (Å²) in [5.74, 6) is 0.563. The van der Waals surface area contributed by atoms with Crippen LogP contribution >= 0.6 is 0 Å². The molecule has 100 valence electrons. The lowest BCUT2D eigenvalue weighted by molar-refractivity contribution is 0.408. The number of benzene rings is 2. The molecule has 0 bridgehead atoms. The Hall–Kier alpha value is -1.60. The van der Waals surface area contributed by atoms with E-state index in [0.29, 0.717) is 12.0 Å². The summed E-state index contributed by atoms with van der Waals surface area (Å²) in [4.78, 5) is 0. The molecular weight excluding hydrogens is 230 g/mol. The van der Waals surface area contributed by atoms with Crippen molar-refractivity contribution in [1.29, 1.82) is 0 Å². The van der Waals surface area contributed by atoms with E-state index < -0.39 is 0 Å². The van der Waals surface area contributed by atoms with Gasteiger partial charge in [0.05, 0.1) is 0 Å². The molecule has 2 unspecified atom stereocenters. The maximum Gasteiger partial charge on any atom is 0.0346 e. The Kier molecular flexibility index (Phi) is 4.75. The predicted molar refractivity (Wildman–Crippen MR) is 82.3 cm³/mol. The number of nitrogens with one attached hydrogen (secondary N) is 1. The van der Waals surface area contributed by atoms with Gasteiger partial charge < -0.3 is 5.32 Å². The highest BCUT2D eigenvalue weighted by atomic mass is 14.9. The van der Waals surface area contributed by atoms with E-state index in [1.54, 1.807) is 0 Å². The molecule has 0 amide bonds. The Bertz CT molecular complexity index is 504. The van der Waals surface area contributed by atoms with Gasteiger partial charge in [-0.3, -0.25) is 0 Å². The number of aryl methyl sites for hydroxylation is 1. The third kappa shape index (κ3) is 3.45. The third-order valence-electron chi connectivity index (χ3n) is 3.84. The van der Waals surface area contributed by atoms with Gasteiger partial charge in [0.1, 0.15) is 0 Å². The van der Waals surface area contributed by atoms with Crippen molar-refractivity contribution in [3.63, 3.8) is 0 Å². The zero-order valence-electron chi connectivity index (χ0n) is 12.1. The lowest BCUT2D eigenvalue weighted by Crippen LogP contribution is -2.25. The van der Waals surface area contributed by atoms with E-state index in [0.717, 1.165) is 6.42 Å². The number of rotatable bonds is 5. The van der Waals surface area contributed by atoms with E-state index in [1.165, 1.54) is 16.7 Å². The highest BCUT2D eigenvalue weighted by Crippen LogP contribution is 2.25. The van der Waals surface area contributed by atoms with Crippen LogP contribution in [0.3, 0.4) is 0 Å². The minimum atomic E-state index is 0.404. The van der Waals surface area contributed by atoms with Gasteiger partial charge in [0.2, 0.25) is 0 Å². The van der Waals surface area contributed by atoms with Gasteiger partial charge in [-0.1, -0.05) is 61.5 Å². The predicted octanol–water partition coefficient (Wildman–Crippen LogP) is 4.13. The lowest BCUT2D eigenvalue weighted by atomic mass is 9.88. The molecule has 1 N–H and O–H groups in total. The summed E-state index contributed by atoms with van der Waals surface area (Å²) in [5, 5.41) is 3.46. The average Bonchev–Trinajstić information content (AvgIpc) is 2.43. The monoisotopic (exact) mass is 253 g/mol. The first-order chi connectivity index (χ1) is 9.22. The van der Waals surface area contributed by atoms with E-state index in [1.807, 2.05) is 7.05 Å². The van der Waals surface area contributed by atoms with E-state index in [2.05, 4.69) is 73.8 Å². The molecular formula is C18H23N. The SMILES string of the molecule is CNC(c1ccccc1)C(C)Cc1ccccc1C. The van der Waals surface area contributed by atoms with Gasteiger partial charge in [-0.15, -0.1) is 0 Å². The molecule has 0 spiro atoms. The Morgan fingerprint density at radius 1 is 0.947 bits per heavy atom. The van der Waals surface area contributed by atoms with Crippen LogP contribution in [-0.2, 0) is 6.42 Å². The summed E-state index contributed by atoms with van der Waals surface area (Å²) < 4.78 is 0. The molecule has 2 aromatic carbocycles. The summed E-state index contributed by atoms with van der Waals surface area (Å²) in [6, 6.07) is 19.8. The molecule has 2 rings (SSSR count). The van der Waals surface area contributed by atoms with Crippen molar-refractivity contribution in [2.45, 2.75) is 26.3 Å². The molecule has 0 fully saturated rings. The van der Waals surface area contributed by atoms with E-state index in [4.69, 9.17) is 0 Å².